The minimum absolute atomic E-state index is 0.0305. The first-order valence-corrected chi connectivity index (χ1v) is 7.94. The number of carboxylic acid groups (broad SMARTS) is 1. The van der Waals surface area contributed by atoms with Crippen LogP contribution >= 0.6 is 0 Å². The van der Waals surface area contributed by atoms with Crippen LogP contribution < -0.4 is 0 Å². The second-order valence-corrected chi connectivity index (χ2v) is 6.04. The predicted molar refractivity (Wildman–Crippen MR) is 85.4 cm³/mol. The van der Waals surface area contributed by atoms with Crippen LogP contribution in [0, 0.1) is 12.8 Å². The van der Waals surface area contributed by atoms with Gasteiger partial charge in [-0.1, -0.05) is 0 Å². The Labute approximate surface area is 139 Å². The number of rotatable bonds is 4. The van der Waals surface area contributed by atoms with Crippen LogP contribution in [0.25, 0.3) is 11.5 Å². The van der Waals surface area contributed by atoms with Crippen LogP contribution in [0.3, 0.4) is 0 Å². The number of benzene rings is 1. The molecule has 7 heteroatoms. The Kier molecular flexibility index (Phi) is 4.59. The normalized spacial score (nSPS) is 15.5. The molecule has 126 valence electrons. The third-order valence-electron chi connectivity index (χ3n) is 4.27. The fourth-order valence-electron chi connectivity index (χ4n) is 2.94. The molecule has 7 nitrogen and oxygen atoms in total. The van der Waals surface area contributed by atoms with Crippen molar-refractivity contribution in [3.05, 3.63) is 35.7 Å². The molecular weight excluding hydrogens is 310 g/mol. The molecule has 1 saturated heterocycles. The molecule has 1 aromatic heterocycles. The molecule has 1 aliphatic heterocycles. The van der Waals surface area contributed by atoms with E-state index in [0.717, 1.165) is 18.4 Å². The lowest BCUT2D eigenvalue weighted by molar-refractivity contribution is -0.138. The first-order chi connectivity index (χ1) is 11.5. The molecule has 2 heterocycles. The van der Waals surface area contributed by atoms with Crippen molar-refractivity contribution >= 4 is 11.9 Å². The monoisotopic (exact) mass is 329 g/mol. The lowest BCUT2D eigenvalue weighted by Crippen LogP contribution is -2.38. The molecule has 1 aliphatic rings. The Bertz CT molecular complexity index is 731. The van der Waals surface area contributed by atoms with E-state index in [1.165, 1.54) is 0 Å². The maximum absolute atomic E-state index is 12.5. The summed E-state index contributed by atoms with van der Waals surface area (Å²) < 4.78 is 5.36. The molecule has 0 unspecified atom stereocenters. The zero-order valence-corrected chi connectivity index (χ0v) is 13.4. The summed E-state index contributed by atoms with van der Waals surface area (Å²) in [6.45, 7) is 2.92. The molecule has 3 rings (SSSR count). The summed E-state index contributed by atoms with van der Waals surface area (Å²) in [5.41, 5.74) is 1.37. The summed E-state index contributed by atoms with van der Waals surface area (Å²) in [7, 11) is 0. The van der Waals surface area contributed by atoms with Crippen molar-refractivity contribution in [3.63, 3.8) is 0 Å². The number of amides is 1. The van der Waals surface area contributed by atoms with Gasteiger partial charge in [-0.2, -0.15) is 0 Å². The zero-order chi connectivity index (χ0) is 17.1. The Balaban J connectivity index is 1.62. The van der Waals surface area contributed by atoms with Crippen LogP contribution in [0.5, 0.6) is 0 Å². The second kappa shape index (κ2) is 6.82. The third kappa shape index (κ3) is 3.61. The molecule has 2 aromatic rings. The molecule has 1 fully saturated rings. The summed E-state index contributed by atoms with van der Waals surface area (Å²) in [6.07, 6.45) is 1.65. The lowest BCUT2D eigenvalue weighted by atomic mass is 9.93. The van der Waals surface area contributed by atoms with Gasteiger partial charge in [-0.05, 0) is 43.0 Å². The van der Waals surface area contributed by atoms with Gasteiger partial charge in [0, 0.05) is 37.6 Å². The van der Waals surface area contributed by atoms with Crippen LogP contribution in [-0.2, 0) is 4.79 Å². The van der Waals surface area contributed by atoms with Gasteiger partial charge in [0.2, 0.25) is 11.8 Å². The number of carboxylic acids is 1. The highest BCUT2D eigenvalue weighted by molar-refractivity contribution is 5.94. The number of aromatic nitrogens is 2. The highest BCUT2D eigenvalue weighted by Crippen LogP contribution is 2.23. The molecule has 1 aromatic carbocycles. The van der Waals surface area contributed by atoms with Crippen molar-refractivity contribution < 1.29 is 19.1 Å². The van der Waals surface area contributed by atoms with Gasteiger partial charge in [0.05, 0.1) is 0 Å². The molecule has 0 radical (unpaired) electrons. The van der Waals surface area contributed by atoms with Gasteiger partial charge in [0.15, 0.2) is 0 Å². The van der Waals surface area contributed by atoms with E-state index in [-0.39, 0.29) is 18.2 Å². The average Bonchev–Trinajstić information content (AvgIpc) is 3.01. The first kappa shape index (κ1) is 16.2. The van der Waals surface area contributed by atoms with Crippen molar-refractivity contribution in [2.75, 3.05) is 13.1 Å². The van der Waals surface area contributed by atoms with Crippen molar-refractivity contribution in [1.82, 2.24) is 15.1 Å². The topological polar surface area (TPSA) is 96.5 Å². The standard InChI is InChI=1S/C17H19N3O4/c1-11-18-19-16(24-11)13-2-4-14(5-3-13)17(23)20-8-6-12(7-9-20)10-15(21)22/h2-5,12H,6-10H2,1H3,(H,21,22). The van der Waals surface area contributed by atoms with E-state index >= 15 is 0 Å². The number of carbonyl (C=O) groups excluding carboxylic acids is 1. The third-order valence-corrected chi connectivity index (χ3v) is 4.27. The van der Waals surface area contributed by atoms with Gasteiger partial charge in [-0.3, -0.25) is 9.59 Å². The molecular formula is C17H19N3O4. The molecule has 0 bridgehead atoms. The van der Waals surface area contributed by atoms with Gasteiger partial charge in [0.25, 0.3) is 5.91 Å². The maximum Gasteiger partial charge on any atom is 0.303 e. The zero-order valence-electron chi connectivity index (χ0n) is 13.4. The van der Waals surface area contributed by atoms with Gasteiger partial charge in [-0.15, -0.1) is 10.2 Å². The van der Waals surface area contributed by atoms with E-state index < -0.39 is 5.97 Å². The molecule has 0 spiro atoms. The largest absolute Gasteiger partial charge is 0.481 e. The molecule has 0 atom stereocenters. The van der Waals surface area contributed by atoms with E-state index in [2.05, 4.69) is 10.2 Å². The highest BCUT2D eigenvalue weighted by Gasteiger charge is 2.25. The minimum Gasteiger partial charge on any atom is -0.481 e. The Morgan fingerprint density at radius 2 is 1.88 bits per heavy atom. The van der Waals surface area contributed by atoms with Crippen molar-refractivity contribution in [3.8, 4) is 11.5 Å². The number of carbonyl (C=O) groups is 2. The van der Waals surface area contributed by atoms with Crippen LogP contribution in [-0.4, -0.2) is 45.2 Å². The van der Waals surface area contributed by atoms with Gasteiger partial charge >= 0.3 is 5.97 Å². The quantitative estimate of drug-likeness (QED) is 0.925. The van der Waals surface area contributed by atoms with Crippen LogP contribution in [0.2, 0.25) is 0 Å². The lowest BCUT2D eigenvalue weighted by Gasteiger charge is -2.31. The number of likely N-dealkylation sites (tertiary alicyclic amines) is 1. The molecule has 0 aliphatic carbocycles. The van der Waals surface area contributed by atoms with E-state index in [4.69, 9.17) is 9.52 Å². The first-order valence-electron chi connectivity index (χ1n) is 7.94. The summed E-state index contributed by atoms with van der Waals surface area (Å²) in [4.78, 5) is 25.1. The average molecular weight is 329 g/mol. The second-order valence-electron chi connectivity index (χ2n) is 6.04. The van der Waals surface area contributed by atoms with E-state index in [1.54, 1.807) is 36.1 Å². The Hall–Kier alpha value is -2.70. The number of aryl methyl sites for hydroxylation is 1. The van der Waals surface area contributed by atoms with Crippen molar-refractivity contribution in [2.45, 2.75) is 26.2 Å². The highest BCUT2D eigenvalue weighted by atomic mass is 16.4. The molecule has 0 saturated carbocycles. The van der Waals surface area contributed by atoms with E-state index in [9.17, 15) is 9.59 Å². The smallest absolute Gasteiger partial charge is 0.303 e. The maximum atomic E-state index is 12.5. The summed E-state index contributed by atoms with van der Waals surface area (Å²) in [5.74, 6) is 0.286. The Morgan fingerprint density at radius 1 is 1.21 bits per heavy atom. The minimum atomic E-state index is -0.772. The fourth-order valence-corrected chi connectivity index (χ4v) is 2.94. The molecule has 1 N–H and O–H groups in total. The number of aliphatic carboxylic acids is 1. The van der Waals surface area contributed by atoms with Crippen LogP contribution in [0.15, 0.2) is 28.7 Å². The summed E-state index contributed by atoms with van der Waals surface area (Å²) in [5, 5.41) is 16.6. The van der Waals surface area contributed by atoms with Crippen LogP contribution in [0.4, 0.5) is 0 Å². The Morgan fingerprint density at radius 3 is 2.42 bits per heavy atom. The van der Waals surface area contributed by atoms with Gasteiger partial charge in [0.1, 0.15) is 0 Å². The number of hydrogen-bond acceptors (Lipinski definition) is 5. The summed E-state index contributed by atoms with van der Waals surface area (Å²) >= 11 is 0. The van der Waals surface area contributed by atoms with Gasteiger partial charge in [-0.25, -0.2) is 0 Å². The van der Waals surface area contributed by atoms with Crippen molar-refractivity contribution in [1.29, 1.82) is 0 Å². The number of nitrogens with zero attached hydrogens (tertiary/aromatic N) is 3. The molecule has 24 heavy (non-hydrogen) atoms. The number of hydrogen-bond donors (Lipinski definition) is 1. The predicted octanol–water partition coefficient (Wildman–Crippen LogP) is 2.37. The summed E-state index contributed by atoms with van der Waals surface area (Å²) in [6, 6.07) is 7.08. The van der Waals surface area contributed by atoms with E-state index in [0.29, 0.717) is 30.4 Å². The van der Waals surface area contributed by atoms with Crippen LogP contribution in [0.1, 0.15) is 35.5 Å². The van der Waals surface area contributed by atoms with Gasteiger partial charge < -0.3 is 14.4 Å². The van der Waals surface area contributed by atoms with Crippen molar-refractivity contribution in [2.24, 2.45) is 5.92 Å². The molecule has 1 amide bonds. The fraction of sp³-hybridized carbons (Fsp3) is 0.412. The van der Waals surface area contributed by atoms with E-state index in [1.807, 2.05) is 0 Å². The SMILES string of the molecule is Cc1nnc(-c2ccc(C(=O)N3CCC(CC(=O)O)CC3)cc2)o1. The number of piperidine rings is 1.